The van der Waals surface area contributed by atoms with Crippen LogP contribution in [-0.4, -0.2) is 25.6 Å². The predicted molar refractivity (Wildman–Crippen MR) is 114 cm³/mol. The third kappa shape index (κ3) is 4.17. The highest BCUT2D eigenvalue weighted by atomic mass is 19.4. The van der Waals surface area contributed by atoms with Crippen LogP contribution in [-0.2, 0) is 12.6 Å². The maximum absolute atomic E-state index is 12.6. The lowest BCUT2D eigenvalue weighted by atomic mass is 10.0. The number of nitrogens with one attached hydrogen (secondary N) is 2. The fraction of sp³-hybridized carbons (Fsp3) is 0.143. The van der Waals surface area contributed by atoms with Gasteiger partial charge in [-0.2, -0.15) is 18.3 Å². The molecule has 11 heteroatoms. The van der Waals surface area contributed by atoms with Crippen LogP contribution in [0.3, 0.4) is 0 Å². The number of carbonyl (C=O) groups excluding carboxylic acids is 1. The van der Waals surface area contributed by atoms with Crippen molar-refractivity contribution in [2.75, 3.05) is 16.4 Å². The van der Waals surface area contributed by atoms with Crippen molar-refractivity contribution in [2.45, 2.75) is 19.5 Å². The first-order chi connectivity index (χ1) is 15.3. The molecule has 32 heavy (non-hydrogen) atoms. The lowest BCUT2D eigenvalue weighted by molar-refractivity contribution is -0.137. The van der Waals surface area contributed by atoms with Crippen molar-refractivity contribution in [3.05, 3.63) is 66.2 Å². The topological polar surface area (TPSA) is 110 Å². The van der Waals surface area contributed by atoms with Gasteiger partial charge in [0.1, 0.15) is 17.7 Å². The zero-order chi connectivity index (χ0) is 22.9. The van der Waals surface area contributed by atoms with Crippen LogP contribution in [0.2, 0.25) is 0 Å². The quantitative estimate of drug-likeness (QED) is 0.429. The summed E-state index contributed by atoms with van der Waals surface area (Å²) in [7, 11) is 0. The van der Waals surface area contributed by atoms with E-state index in [0.29, 0.717) is 23.2 Å². The monoisotopic (exact) mass is 441 g/mol. The molecule has 0 saturated carbocycles. The lowest BCUT2D eigenvalue weighted by Crippen LogP contribution is -2.20. The van der Waals surface area contributed by atoms with Gasteiger partial charge in [0.15, 0.2) is 5.82 Å². The molecule has 0 aliphatic carbocycles. The molecule has 0 unspecified atom stereocenters. The van der Waals surface area contributed by atoms with Crippen molar-refractivity contribution in [2.24, 2.45) is 0 Å². The Morgan fingerprint density at radius 3 is 2.47 bits per heavy atom. The summed E-state index contributed by atoms with van der Waals surface area (Å²) in [5.74, 6) is 0.357. The number of halogens is 3. The highest BCUT2D eigenvalue weighted by Gasteiger charge is 2.30. The summed E-state index contributed by atoms with van der Waals surface area (Å²) in [6.07, 6.45) is 0.228. The lowest BCUT2D eigenvalue weighted by Gasteiger charge is -2.10. The second kappa shape index (κ2) is 8.17. The van der Waals surface area contributed by atoms with E-state index in [1.807, 2.05) is 25.3 Å². The summed E-state index contributed by atoms with van der Waals surface area (Å²) < 4.78 is 39.5. The molecule has 4 rings (SSSR count). The van der Waals surface area contributed by atoms with Crippen molar-refractivity contribution in [3.63, 3.8) is 0 Å². The van der Waals surface area contributed by atoms with E-state index in [0.717, 1.165) is 35.2 Å². The number of carbonyl (C=O) groups is 1. The minimum atomic E-state index is -4.49. The van der Waals surface area contributed by atoms with Crippen LogP contribution < -0.4 is 16.4 Å². The predicted octanol–water partition coefficient (Wildman–Crippen LogP) is 4.60. The van der Waals surface area contributed by atoms with Crippen molar-refractivity contribution in [1.82, 2.24) is 19.6 Å². The summed E-state index contributed by atoms with van der Waals surface area (Å²) in [6.45, 7) is 2.03. The van der Waals surface area contributed by atoms with Gasteiger partial charge in [-0.3, -0.25) is 5.32 Å². The van der Waals surface area contributed by atoms with Gasteiger partial charge < -0.3 is 11.1 Å². The number of anilines is 3. The van der Waals surface area contributed by atoms with E-state index in [9.17, 15) is 18.0 Å². The molecule has 8 nitrogen and oxygen atoms in total. The first-order valence-electron chi connectivity index (χ1n) is 9.58. The third-order valence-corrected chi connectivity index (χ3v) is 4.83. The van der Waals surface area contributed by atoms with Gasteiger partial charge in [-0.15, -0.1) is 0 Å². The van der Waals surface area contributed by atoms with Crippen LogP contribution in [0.15, 0.2) is 55.1 Å². The molecule has 164 valence electrons. The van der Waals surface area contributed by atoms with Crippen molar-refractivity contribution < 1.29 is 18.0 Å². The number of nitrogens with two attached hydrogens (primary N) is 1. The fourth-order valence-electron chi connectivity index (χ4n) is 3.31. The van der Waals surface area contributed by atoms with Gasteiger partial charge in [0.25, 0.3) is 0 Å². The molecule has 4 aromatic rings. The number of urea groups is 1. The first kappa shape index (κ1) is 21.1. The maximum atomic E-state index is 12.6. The van der Waals surface area contributed by atoms with Gasteiger partial charge >= 0.3 is 12.2 Å². The number of amides is 2. The van der Waals surface area contributed by atoms with Gasteiger partial charge in [-0.1, -0.05) is 19.1 Å². The molecular weight excluding hydrogens is 423 g/mol. The number of benzene rings is 1. The molecule has 0 aliphatic heterocycles. The van der Waals surface area contributed by atoms with Crippen LogP contribution in [0.4, 0.5) is 35.3 Å². The zero-order valence-electron chi connectivity index (χ0n) is 16.8. The molecule has 0 saturated heterocycles. The summed E-state index contributed by atoms with van der Waals surface area (Å²) in [5.41, 5.74) is 9.19. The molecule has 0 spiro atoms. The number of hydrogen-bond acceptors (Lipinski definition) is 5. The van der Waals surface area contributed by atoms with Crippen LogP contribution >= 0.6 is 0 Å². The number of hydrogen-bond donors (Lipinski definition) is 3. The van der Waals surface area contributed by atoms with E-state index in [-0.39, 0.29) is 5.82 Å². The first-order valence-corrected chi connectivity index (χ1v) is 9.58. The normalized spacial score (nSPS) is 11.5. The molecule has 4 N–H and O–H groups in total. The van der Waals surface area contributed by atoms with E-state index >= 15 is 0 Å². The fourth-order valence-corrected chi connectivity index (χ4v) is 3.31. The summed E-state index contributed by atoms with van der Waals surface area (Å²) in [4.78, 5) is 19.9. The standard InChI is InChI=1S/C21H18F3N7O/c1-2-12-10-31-18(19(25)27-11-28-31)17(12)13-3-6-15(7-4-13)29-20(32)30-16-8-5-14(9-26-16)21(22,23)24/h3-11H,2H2,1H3,(H2,25,27,28)(H2,26,29,30,32). The van der Waals surface area contributed by atoms with Gasteiger partial charge in [-0.05, 0) is 41.8 Å². The smallest absolute Gasteiger partial charge is 0.382 e. The average Bonchev–Trinajstić information content (AvgIpc) is 3.14. The Morgan fingerprint density at radius 2 is 1.84 bits per heavy atom. The number of nitrogens with zero attached hydrogens (tertiary/aromatic N) is 4. The molecular formula is C21H18F3N7O. The molecule has 3 heterocycles. The number of pyridine rings is 1. The van der Waals surface area contributed by atoms with E-state index in [1.165, 1.54) is 6.33 Å². The van der Waals surface area contributed by atoms with E-state index in [1.54, 1.807) is 16.6 Å². The van der Waals surface area contributed by atoms with Crippen LogP contribution in [0.25, 0.3) is 16.6 Å². The summed E-state index contributed by atoms with van der Waals surface area (Å²) in [5, 5.41) is 9.22. The summed E-state index contributed by atoms with van der Waals surface area (Å²) in [6, 6.07) is 8.37. The second-order valence-electron chi connectivity index (χ2n) is 6.91. The van der Waals surface area contributed by atoms with E-state index in [2.05, 4.69) is 25.7 Å². The van der Waals surface area contributed by atoms with Crippen molar-refractivity contribution in [3.8, 4) is 11.1 Å². The van der Waals surface area contributed by atoms with Gasteiger partial charge in [0.2, 0.25) is 0 Å². The number of rotatable bonds is 4. The molecule has 3 aromatic heterocycles. The Morgan fingerprint density at radius 1 is 1.09 bits per heavy atom. The molecule has 0 fully saturated rings. The number of aromatic nitrogens is 4. The molecule has 1 aromatic carbocycles. The Labute approximate surface area is 180 Å². The minimum absolute atomic E-state index is 0.00420. The largest absolute Gasteiger partial charge is 0.417 e. The number of aryl methyl sites for hydroxylation is 1. The van der Waals surface area contributed by atoms with Crippen LogP contribution in [0.5, 0.6) is 0 Å². The van der Waals surface area contributed by atoms with Gasteiger partial charge in [0, 0.05) is 23.6 Å². The van der Waals surface area contributed by atoms with Crippen LogP contribution in [0, 0.1) is 0 Å². The second-order valence-corrected chi connectivity index (χ2v) is 6.91. The average molecular weight is 441 g/mol. The Bertz CT molecular complexity index is 1270. The molecule has 2 amide bonds. The zero-order valence-corrected chi connectivity index (χ0v) is 16.8. The number of alkyl halides is 3. The Balaban J connectivity index is 1.50. The van der Waals surface area contributed by atoms with E-state index in [4.69, 9.17) is 5.73 Å². The minimum Gasteiger partial charge on any atom is -0.382 e. The van der Waals surface area contributed by atoms with Crippen molar-refractivity contribution in [1.29, 1.82) is 0 Å². The SMILES string of the molecule is CCc1cn2ncnc(N)c2c1-c1ccc(NC(=O)Nc2ccc(C(F)(F)F)cn2)cc1. The molecule has 0 radical (unpaired) electrons. The third-order valence-electron chi connectivity index (χ3n) is 4.83. The number of fused-ring (bicyclic) bond motifs is 1. The molecule has 0 atom stereocenters. The molecule has 0 bridgehead atoms. The van der Waals surface area contributed by atoms with Gasteiger partial charge in [0.05, 0.1) is 5.56 Å². The van der Waals surface area contributed by atoms with Gasteiger partial charge in [-0.25, -0.2) is 19.3 Å². The van der Waals surface area contributed by atoms with E-state index < -0.39 is 17.8 Å². The van der Waals surface area contributed by atoms with Crippen molar-refractivity contribution >= 4 is 28.9 Å². The summed E-state index contributed by atoms with van der Waals surface area (Å²) >= 11 is 0. The Kier molecular flexibility index (Phi) is 5.39. The number of nitrogen functional groups attached to an aromatic ring is 1. The highest BCUT2D eigenvalue weighted by molar-refractivity contribution is 5.99. The van der Waals surface area contributed by atoms with Crippen LogP contribution in [0.1, 0.15) is 18.1 Å². The maximum Gasteiger partial charge on any atom is 0.417 e. The Hall–Kier alpha value is -4.15. The highest BCUT2D eigenvalue weighted by Crippen LogP contribution is 2.33. The molecule has 0 aliphatic rings.